The molecule has 4 nitrogen and oxygen atoms in total. The molecule has 0 aromatic heterocycles. The molecule has 1 rings (SSSR count). The highest BCUT2D eigenvalue weighted by Gasteiger charge is 2.25. The lowest BCUT2D eigenvalue weighted by molar-refractivity contribution is -0.916. The van der Waals surface area contributed by atoms with E-state index in [0.29, 0.717) is 13.2 Å². The van der Waals surface area contributed by atoms with Crippen LogP contribution in [0.1, 0.15) is 26.3 Å². The number of carbonyl (C=O) groups is 1. The molecule has 0 aliphatic heterocycles. The number of rotatable bonds is 7. The fraction of sp³-hybridized carbons (Fsp3) is 0.533. The number of quaternary nitrogens is 1. The van der Waals surface area contributed by atoms with Gasteiger partial charge in [0, 0.05) is 0 Å². The lowest BCUT2D eigenvalue weighted by Gasteiger charge is -2.34. The van der Waals surface area contributed by atoms with E-state index in [-0.39, 0.29) is 28.4 Å². The van der Waals surface area contributed by atoms with Gasteiger partial charge in [-0.3, -0.25) is 0 Å². The summed E-state index contributed by atoms with van der Waals surface area (Å²) in [7, 11) is 0. The topological polar surface area (TPSA) is 57.8 Å². The molecular formula is C15H27BrNO3+. The summed E-state index contributed by atoms with van der Waals surface area (Å²) in [6.07, 6.45) is 0. The first kappa shape index (κ1) is 21.4. The van der Waals surface area contributed by atoms with Crippen molar-refractivity contribution in [3.8, 4) is 0 Å². The van der Waals surface area contributed by atoms with Gasteiger partial charge in [-0.15, -0.1) is 17.0 Å². The van der Waals surface area contributed by atoms with Crippen LogP contribution in [0.4, 0.5) is 0 Å². The summed E-state index contributed by atoms with van der Waals surface area (Å²) in [5, 5.41) is 0. The summed E-state index contributed by atoms with van der Waals surface area (Å²) in [4.78, 5) is 11.9. The number of carbonyl (C=O) groups excluding carboxylic acids is 1. The van der Waals surface area contributed by atoms with Crippen molar-refractivity contribution in [2.75, 3.05) is 26.2 Å². The van der Waals surface area contributed by atoms with Gasteiger partial charge < -0.3 is 14.7 Å². The normalized spacial score (nSPS) is 10.2. The molecule has 1 aromatic carbocycles. The van der Waals surface area contributed by atoms with Crippen LogP contribution in [0.15, 0.2) is 30.3 Å². The second-order valence-corrected chi connectivity index (χ2v) is 4.59. The molecule has 0 aliphatic carbocycles. The predicted octanol–water partition coefficient (Wildman–Crippen LogP) is 2.36. The van der Waals surface area contributed by atoms with E-state index in [4.69, 9.17) is 4.74 Å². The van der Waals surface area contributed by atoms with E-state index >= 15 is 0 Å². The summed E-state index contributed by atoms with van der Waals surface area (Å²) in [5.41, 5.74) is 1.04. The maximum atomic E-state index is 11.9. The number of esters is 1. The molecule has 0 saturated carbocycles. The maximum absolute atomic E-state index is 11.9. The molecule has 20 heavy (non-hydrogen) atoms. The van der Waals surface area contributed by atoms with Crippen molar-refractivity contribution in [2.24, 2.45) is 0 Å². The van der Waals surface area contributed by atoms with Crippen molar-refractivity contribution in [3.05, 3.63) is 35.9 Å². The number of likely N-dealkylation sites (N-methyl/N-ethyl adjacent to an activating group) is 1. The van der Waals surface area contributed by atoms with Crippen LogP contribution in [-0.4, -0.2) is 42.1 Å². The zero-order valence-corrected chi connectivity index (χ0v) is 14.3. The van der Waals surface area contributed by atoms with E-state index in [2.05, 4.69) is 20.8 Å². The smallest absolute Gasteiger partial charge is 0.362 e. The van der Waals surface area contributed by atoms with Gasteiger partial charge in [-0.1, -0.05) is 30.3 Å². The Bertz CT molecular complexity index is 358. The highest BCUT2D eigenvalue weighted by molar-refractivity contribution is 8.93. The van der Waals surface area contributed by atoms with Gasteiger partial charge in [0.05, 0.1) is 19.6 Å². The molecule has 2 N–H and O–H groups in total. The molecule has 116 valence electrons. The van der Waals surface area contributed by atoms with Crippen LogP contribution in [0.3, 0.4) is 0 Å². The number of ether oxygens (including phenoxy) is 1. The Hall–Kier alpha value is -0.910. The molecule has 0 saturated heterocycles. The monoisotopic (exact) mass is 348 g/mol. The van der Waals surface area contributed by atoms with E-state index < -0.39 is 0 Å². The first-order valence-corrected chi connectivity index (χ1v) is 6.70. The summed E-state index contributed by atoms with van der Waals surface area (Å²) in [6, 6.07) is 9.80. The second kappa shape index (κ2) is 10.8. The molecule has 0 unspecified atom stereocenters. The number of halogens is 1. The van der Waals surface area contributed by atoms with Gasteiger partial charge in [-0.25, -0.2) is 4.79 Å². The predicted molar refractivity (Wildman–Crippen MR) is 86.9 cm³/mol. The molecule has 0 aliphatic rings. The summed E-state index contributed by atoms with van der Waals surface area (Å²) in [5.74, 6) is -0.107. The molecule has 0 heterocycles. The average Bonchev–Trinajstić information content (AvgIpc) is 2.44. The number of benzene rings is 1. The Kier molecular flexibility index (Phi) is 11.6. The highest BCUT2D eigenvalue weighted by atomic mass is 79.9. The highest BCUT2D eigenvalue weighted by Crippen LogP contribution is 2.07. The standard InChI is InChI=1S/C15H24NO2.BrH.H2O/c1-4-16(5-2,6-3)12-15(17)18-13-14-10-8-7-9-11-14;;/h7-11H,4-6,12-13H2,1-3H3;1H;1H2/q+1;;. The zero-order chi connectivity index (χ0) is 13.4. The number of nitrogens with zero attached hydrogens (tertiary/aromatic N) is 1. The first-order chi connectivity index (χ1) is 8.65. The van der Waals surface area contributed by atoms with Gasteiger partial charge in [0.1, 0.15) is 6.61 Å². The maximum Gasteiger partial charge on any atom is 0.362 e. The minimum Gasteiger partial charge on any atom is -0.457 e. The Balaban J connectivity index is 0. The van der Waals surface area contributed by atoms with Crippen LogP contribution in [0, 0.1) is 0 Å². The summed E-state index contributed by atoms with van der Waals surface area (Å²) >= 11 is 0. The van der Waals surface area contributed by atoms with Gasteiger partial charge in [-0.2, -0.15) is 0 Å². The Morgan fingerprint density at radius 2 is 1.55 bits per heavy atom. The first-order valence-electron chi connectivity index (χ1n) is 6.70. The Labute approximate surface area is 132 Å². The van der Waals surface area contributed by atoms with Crippen LogP contribution < -0.4 is 0 Å². The molecule has 5 heteroatoms. The van der Waals surface area contributed by atoms with Crippen LogP contribution in [-0.2, 0) is 16.1 Å². The third kappa shape index (κ3) is 6.50. The van der Waals surface area contributed by atoms with Crippen molar-refractivity contribution in [1.29, 1.82) is 0 Å². The fourth-order valence-electron chi connectivity index (χ4n) is 2.06. The van der Waals surface area contributed by atoms with E-state index in [9.17, 15) is 4.79 Å². The lowest BCUT2D eigenvalue weighted by atomic mass is 10.2. The quantitative estimate of drug-likeness (QED) is 0.561. The SMILES string of the molecule is Br.CC[N+](CC)(CC)CC(=O)OCc1ccccc1.O. The van der Waals surface area contributed by atoms with Crippen LogP contribution >= 0.6 is 17.0 Å². The molecule has 0 radical (unpaired) electrons. The molecule has 0 amide bonds. The van der Waals surface area contributed by atoms with Gasteiger partial charge in [0.15, 0.2) is 6.54 Å². The largest absolute Gasteiger partial charge is 0.457 e. The van der Waals surface area contributed by atoms with Crippen molar-refractivity contribution < 1.29 is 19.5 Å². The average molecular weight is 349 g/mol. The molecule has 0 atom stereocenters. The third-order valence-electron chi connectivity index (χ3n) is 3.72. The van der Waals surface area contributed by atoms with Gasteiger partial charge in [0.2, 0.25) is 0 Å². The van der Waals surface area contributed by atoms with Crippen LogP contribution in [0.5, 0.6) is 0 Å². The van der Waals surface area contributed by atoms with Crippen LogP contribution in [0.2, 0.25) is 0 Å². The number of hydrogen-bond donors (Lipinski definition) is 0. The third-order valence-corrected chi connectivity index (χ3v) is 3.72. The molecule has 0 fully saturated rings. The minimum atomic E-state index is -0.107. The van der Waals surface area contributed by atoms with E-state index in [1.807, 2.05) is 30.3 Å². The molecule has 1 aromatic rings. The number of hydrogen-bond acceptors (Lipinski definition) is 2. The molecule has 0 spiro atoms. The van der Waals surface area contributed by atoms with Crippen LogP contribution in [0.25, 0.3) is 0 Å². The second-order valence-electron chi connectivity index (χ2n) is 4.59. The van der Waals surface area contributed by atoms with Gasteiger partial charge in [0.25, 0.3) is 0 Å². The minimum absolute atomic E-state index is 0. The van der Waals surface area contributed by atoms with Gasteiger partial charge >= 0.3 is 5.97 Å². The fourth-order valence-corrected chi connectivity index (χ4v) is 2.06. The zero-order valence-electron chi connectivity index (χ0n) is 12.6. The van der Waals surface area contributed by atoms with Crippen molar-refractivity contribution in [1.82, 2.24) is 0 Å². The molecule has 0 bridgehead atoms. The van der Waals surface area contributed by atoms with E-state index in [1.165, 1.54) is 0 Å². The summed E-state index contributed by atoms with van der Waals surface area (Å²) < 4.78 is 6.13. The summed E-state index contributed by atoms with van der Waals surface area (Å²) in [6.45, 7) is 10.1. The van der Waals surface area contributed by atoms with Crippen molar-refractivity contribution >= 4 is 23.0 Å². The van der Waals surface area contributed by atoms with Crippen molar-refractivity contribution in [3.63, 3.8) is 0 Å². The van der Waals surface area contributed by atoms with E-state index in [0.717, 1.165) is 29.7 Å². The van der Waals surface area contributed by atoms with E-state index in [1.54, 1.807) is 0 Å². The molecular weight excluding hydrogens is 322 g/mol. The lowest BCUT2D eigenvalue weighted by Crippen LogP contribution is -2.51. The van der Waals surface area contributed by atoms with Gasteiger partial charge in [-0.05, 0) is 26.3 Å². The van der Waals surface area contributed by atoms with Crippen molar-refractivity contribution in [2.45, 2.75) is 27.4 Å². The Morgan fingerprint density at radius 3 is 2.00 bits per heavy atom. The Morgan fingerprint density at radius 1 is 1.05 bits per heavy atom.